The summed E-state index contributed by atoms with van der Waals surface area (Å²) in [6, 6.07) is 5.43. The maximum atomic E-state index is 12.3. The monoisotopic (exact) mass is 318 g/mol. The van der Waals surface area contributed by atoms with Gasteiger partial charge in [-0.25, -0.2) is 4.98 Å². The van der Waals surface area contributed by atoms with Crippen molar-refractivity contribution in [2.75, 3.05) is 16.8 Å². The van der Waals surface area contributed by atoms with Gasteiger partial charge in [-0.3, -0.25) is 4.79 Å². The van der Waals surface area contributed by atoms with E-state index in [0.29, 0.717) is 24.4 Å². The van der Waals surface area contributed by atoms with Crippen LogP contribution in [0.5, 0.6) is 0 Å². The van der Waals surface area contributed by atoms with Crippen LogP contribution in [0.3, 0.4) is 0 Å². The number of oxazole rings is 1. The Balaban J connectivity index is 1.54. The molecule has 0 atom stereocenters. The van der Waals surface area contributed by atoms with Gasteiger partial charge in [-0.05, 0) is 55.4 Å². The average molecular weight is 318 g/mol. The van der Waals surface area contributed by atoms with E-state index in [1.165, 1.54) is 0 Å². The molecule has 2 heterocycles. The lowest BCUT2D eigenvalue weighted by atomic mass is 9.95. The number of aromatic nitrogens is 1. The summed E-state index contributed by atoms with van der Waals surface area (Å²) >= 11 is 1.77. The average Bonchev–Trinajstić information content (AvgIpc) is 3.28. The van der Waals surface area contributed by atoms with Crippen molar-refractivity contribution in [1.29, 1.82) is 0 Å². The van der Waals surface area contributed by atoms with Crippen molar-refractivity contribution < 1.29 is 14.3 Å². The minimum absolute atomic E-state index is 0.321. The summed E-state index contributed by atoms with van der Waals surface area (Å²) in [6.07, 6.45) is 3.28. The number of amides is 1. The van der Waals surface area contributed by atoms with E-state index in [4.69, 9.17) is 4.42 Å². The minimum Gasteiger partial charge on any atom is -0.440 e. The molecule has 2 aromatic rings. The zero-order valence-electron chi connectivity index (χ0n) is 12.2. The third-order valence-corrected chi connectivity index (χ3v) is 5.32. The number of anilines is 1. The van der Waals surface area contributed by atoms with Gasteiger partial charge in [-0.2, -0.15) is 11.8 Å². The van der Waals surface area contributed by atoms with Crippen LogP contribution in [0.2, 0.25) is 0 Å². The Kier molecular flexibility index (Phi) is 3.38. The smallest absolute Gasteiger partial charge is 0.256 e. The van der Waals surface area contributed by atoms with Gasteiger partial charge in [0.05, 0.1) is 0 Å². The van der Waals surface area contributed by atoms with Crippen molar-refractivity contribution in [2.45, 2.75) is 37.2 Å². The molecule has 2 aliphatic rings. The molecule has 1 saturated carbocycles. The molecule has 2 N–H and O–H groups in total. The van der Waals surface area contributed by atoms with Crippen LogP contribution in [0.1, 0.15) is 37.5 Å². The number of nitrogens with zero attached hydrogens (tertiary/aromatic N) is 1. The molecule has 0 spiro atoms. The fourth-order valence-corrected chi connectivity index (χ4v) is 3.88. The van der Waals surface area contributed by atoms with Gasteiger partial charge < -0.3 is 14.8 Å². The van der Waals surface area contributed by atoms with Gasteiger partial charge in [0, 0.05) is 11.6 Å². The van der Waals surface area contributed by atoms with Crippen molar-refractivity contribution in [2.24, 2.45) is 0 Å². The summed E-state index contributed by atoms with van der Waals surface area (Å²) in [5.41, 5.74) is 0.904. The van der Waals surface area contributed by atoms with Gasteiger partial charge in [-0.1, -0.05) is 0 Å². The second-order valence-electron chi connectivity index (χ2n) is 6.11. The normalized spacial score (nSPS) is 21.0. The van der Waals surface area contributed by atoms with Crippen molar-refractivity contribution in [3.8, 4) is 0 Å². The van der Waals surface area contributed by atoms with E-state index in [1.807, 2.05) is 12.1 Å². The molecule has 4 rings (SSSR count). The van der Waals surface area contributed by atoms with E-state index in [0.717, 1.165) is 41.3 Å². The molecular formula is C16H18N2O3S. The second kappa shape index (κ2) is 5.28. The lowest BCUT2D eigenvalue weighted by molar-refractivity contribution is -0.134. The maximum Gasteiger partial charge on any atom is 0.256 e. The fourth-order valence-electron chi connectivity index (χ4n) is 2.71. The van der Waals surface area contributed by atoms with Crippen LogP contribution in [0.4, 0.5) is 5.69 Å². The molecule has 2 fully saturated rings. The molecule has 22 heavy (non-hydrogen) atoms. The van der Waals surface area contributed by atoms with Crippen LogP contribution in [0.25, 0.3) is 11.1 Å². The summed E-state index contributed by atoms with van der Waals surface area (Å²) in [5.74, 6) is 2.57. The molecule has 1 aliphatic carbocycles. The number of benzene rings is 1. The first-order valence-corrected chi connectivity index (χ1v) is 8.82. The van der Waals surface area contributed by atoms with E-state index in [2.05, 4.69) is 10.3 Å². The highest BCUT2D eigenvalue weighted by atomic mass is 32.2. The fraction of sp³-hybridized carbons (Fsp3) is 0.500. The molecule has 0 radical (unpaired) electrons. The SMILES string of the molecule is O=C(Nc1ccc2oc(C3CC3)nc2c1)C1(O)CCSCC1. The van der Waals surface area contributed by atoms with Crippen LogP contribution < -0.4 is 5.32 Å². The number of fused-ring (bicyclic) bond motifs is 1. The highest BCUT2D eigenvalue weighted by Crippen LogP contribution is 2.40. The predicted molar refractivity (Wildman–Crippen MR) is 86.1 cm³/mol. The third-order valence-electron chi connectivity index (χ3n) is 4.33. The number of rotatable bonds is 3. The predicted octanol–water partition coefficient (Wildman–Crippen LogP) is 2.90. The number of aliphatic hydroxyl groups is 1. The molecule has 1 amide bonds. The summed E-state index contributed by atoms with van der Waals surface area (Å²) in [5, 5.41) is 13.3. The number of carbonyl (C=O) groups is 1. The third kappa shape index (κ3) is 2.61. The highest BCUT2D eigenvalue weighted by Gasteiger charge is 2.37. The van der Waals surface area contributed by atoms with Crippen molar-refractivity contribution >= 4 is 34.5 Å². The van der Waals surface area contributed by atoms with Crippen LogP contribution >= 0.6 is 11.8 Å². The molecule has 1 aromatic heterocycles. The van der Waals surface area contributed by atoms with E-state index in [-0.39, 0.29) is 5.91 Å². The van der Waals surface area contributed by atoms with Crippen molar-refractivity contribution in [1.82, 2.24) is 4.98 Å². The van der Waals surface area contributed by atoms with Crippen LogP contribution in [0.15, 0.2) is 22.6 Å². The zero-order valence-corrected chi connectivity index (χ0v) is 13.0. The molecule has 0 unspecified atom stereocenters. The molecule has 1 aromatic carbocycles. The van der Waals surface area contributed by atoms with Gasteiger partial charge in [-0.15, -0.1) is 0 Å². The van der Waals surface area contributed by atoms with E-state index in [9.17, 15) is 9.90 Å². The number of hydrogen-bond donors (Lipinski definition) is 2. The Morgan fingerprint density at radius 1 is 1.36 bits per heavy atom. The topological polar surface area (TPSA) is 75.4 Å². The highest BCUT2D eigenvalue weighted by molar-refractivity contribution is 7.99. The summed E-state index contributed by atoms with van der Waals surface area (Å²) in [4.78, 5) is 16.8. The Hall–Kier alpha value is -1.53. The molecular weight excluding hydrogens is 300 g/mol. The van der Waals surface area contributed by atoms with Gasteiger partial charge in [0.1, 0.15) is 11.1 Å². The zero-order chi connectivity index (χ0) is 15.2. The van der Waals surface area contributed by atoms with E-state index >= 15 is 0 Å². The Morgan fingerprint density at radius 3 is 2.86 bits per heavy atom. The molecule has 5 nitrogen and oxygen atoms in total. The molecule has 116 valence electrons. The largest absolute Gasteiger partial charge is 0.440 e. The van der Waals surface area contributed by atoms with Crippen molar-refractivity contribution in [3.63, 3.8) is 0 Å². The van der Waals surface area contributed by atoms with Gasteiger partial charge in [0.25, 0.3) is 5.91 Å². The summed E-state index contributed by atoms with van der Waals surface area (Å²) < 4.78 is 5.71. The standard InChI is InChI=1S/C16H18N2O3S/c19-15(16(20)5-7-22-8-6-16)17-11-3-4-13-12(9-11)18-14(21-13)10-1-2-10/h3-4,9-10,20H,1-2,5-8H2,(H,17,19). The number of thioether (sulfide) groups is 1. The molecule has 0 bridgehead atoms. The van der Waals surface area contributed by atoms with Crippen molar-refractivity contribution in [3.05, 3.63) is 24.1 Å². The Labute approximate surface area is 132 Å². The molecule has 6 heteroatoms. The number of hydrogen-bond acceptors (Lipinski definition) is 5. The minimum atomic E-state index is -1.25. The van der Waals surface area contributed by atoms with Gasteiger partial charge in [0.15, 0.2) is 11.5 Å². The van der Waals surface area contributed by atoms with Gasteiger partial charge in [0.2, 0.25) is 0 Å². The number of carbonyl (C=O) groups excluding carboxylic acids is 1. The summed E-state index contributed by atoms with van der Waals surface area (Å²) in [7, 11) is 0. The Morgan fingerprint density at radius 2 is 2.14 bits per heavy atom. The first-order valence-electron chi connectivity index (χ1n) is 7.66. The quantitative estimate of drug-likeness (QED) is 0.910. The van der Waals surface area contributed by atoms with E-state index < -0.39 is 5.60 Å². The summed E-state index contributed by atoms with van der Waals surface area (Å²) in [6.45, 7) is 0. The first-order chi connectivity index (χ1) is 10.6. The maximum absolute atomic E-state index is 12.3. The van der Waals surface area contributed by atoms with Gasteiger partial charge >= 0.3 is 0 Å². The lowest BCUT2D eigenvalue weighted by Gasteiger charge is -2.30. The Bertz CT molecular complexity index is 717. The van der Waals surface area contributed by atoms with E-state index in [1.54, 1.807) is 17.8 Å². The molecule has 1 aliphatic heterocycles. The van der Waals surface area contributed by atoms with Crippen LogP contribution in [-0.2, 0) is 4.79 Å². The first kappa shape index (κ1) is 14.1. The molecule has 1 saturated heterocycles. The van der Waals surface area contributed by atoms with Crippen LogP contribution in [-0.4, -0.2) is 33.1 Å². The second-order valence-corrected chi connectivity index (χ2v) is 7.33. The number of nitrogens with one attached hydrogen (secondary N) is 1. The van der Waals surface area contributed by atoms with Crippen LogP contribution in [0, 0.1) is 0 Å². The lowest BCUT2D eigenvalue weighted by Crippen LogP contribution is -2.45.